The van der Waals surface area contributed by atoms with E-state index in [1.165, 1.54) is 18.2 Å². The van der Waals surface area contributed by atoms with E-state index < -0.39 is 18.0 Å². The molecular formula is C21H22F2N6O3. The van der Waals surface area contributed by atoms with Crippen LogP contribution in [0.4, 0.5) is 26.4 Å². The number of fused-ring (bicyclic) bond motifs is 1. The van der Waals surface area contributed by atoms with Gasteiger partial charge in [0.15, 0.2) is 5.58 Å². The van der Waals surface area contributed by atoms with Gasteiger partial charge < -0.3 is 24.3 Å². The van der Waals surface area contributed by atoms with Crippen LogP contribution in [-0.4, -0.2) is 60.3 Å². The average molecular weight is 444 g/mol. The molecule has 32 heavy (non-hydrogen) atoms. The Kier molecular flexibility index (Phi) is 5.56. The van der Waals surface area contributed by atoms with E-state index in [1.54, 1.807) is 6.07 Å². The molecule has 11 heteroatoms. The number of aromatic nitrogens is 3. The van der Waals surface area contributed by atoms with Gasteiger partial charge in [-0.3, -0.25) is 4.79 Å². The Balaban J connectivity index is 1.50. The number of morpholine rings is 1. The van der Waals surface area contributed by atoms with Gasteiger partial charge in [0.05, 0.1) is 18.8 Å². The lowest BCUT2D eigenvalue weighted by molar-refractivity contribution is 0.102. The van der Waals surface area contributed by atoms with Crippen molar-refractivity contribution in [2.75, 3.05) is 54.5 Å². The molecule has 168 valence electrons. The summed E-state index contributed by atoms with van der Waals surface area (Å²) in [4.78, 5) is 30.1. The third-order valence-corrected chi connectivity index (χ3v) is 5.52. The van der Waals surface area contributed by atoms with Crippen molar-refractivity contribution < 1.29 is 22.7 Å². The zero-order valence-electron chi connectivity index (χ0n) is 17.3. The molecule has 1 amide bonds. The number of anilines is 3. The maximum absolute atomic E-state index is 13.1. The second-order valence-electron chi connectivity index (χ2n) is 7.67. The fourth-order valence-electron chi connectivity index (χ4n) is 3.90. The van der Waals surface area contributed by atoms with E-state index >= 15 is 0 Å². The number of pyridine rings is 2. The molecule has 2 saturated heterocycles. The molecule has 0 aromatic carbocycles. The van der Waals surface area contributed by atoms with Gasteiger partial charge in [-0.1, -0.05) is 6.07 Å². The highest BCUT2D eigenvalue weighted by Crippen LogP contribution is 2.30. The van der Waals surface area contributed by atoms with Gasteiger partial charge >= 0.3 is 0 Å². The summed E-state index contributed by atoms with van der Waals surface area (Å²) in [6.45, 7) is 4.03. The largest absolute Gasteiger partial charge is 0.422 e. The summed E-state index contributed by atoms with van der Waals surface area (Å²) in [5.41, 5.74) is 0.687. The third-order valence-electron chi connectivity index (χ3n) is 5.52. The number of alkyl halides is 2. The van der Waals surface area contributed by atoms with E-state index in [9.17, 15) is 13.6 Å². The molecule has 2 fully saturated rings. The van der Waals surface area contributed by atoms with Crippen LogP contribution in [0.1, 0.15) is 35.3 Å². The molecule has 5 heterocycles. The molecule has 0 spiro atoms. The van der Waals surface area contributed by atoms with Gasteiger partial charge in [-0.15, -0.1) is 0 Å². The first kappa shape index (κ1) is 20.6. The van der Waals surface area contributed by atoms with E-state index in [4.69, 9.17) is 9.15 Å². The molecule has 9 nitrogen and oxygen atoms in total. The normalized spacial score (nSPS) is 16.8. The lowest BCUT2D eigenvalue weighted by atomic mass is 10.2. The van der Waals surface area contributed by atoms with E-state index in [2.05, 4.69) is 20.3 Å². The maximum atomic E-state index is 13.1. The molecule has 0 atom stereocenters. The molecule has 0 saturated carbocycles. The quantitative estimate of drug-likeness (QED) is 0.641. The lowest BCUT2D eigenvalue weighted by Gasteiger charge is -2.24. The number of oxazole rings is 1. The fourth-order valence-corrected chi connectivity index (χ4v) is 3.90. The molecule has 2 aliphatic rings. The van der Waals surface area contributed by atoms with E-state index in [-0.39, 0.29) is 11.4 Å². The van der Waals surface area contributed by atoms with Crippen LogP contribution < -0.4 is 15.1 Å². The average Bonchev–Trinajstić information content (AvgIpc) is 3.48. The van der Waals surface area contributed by atoms with Crippen LogP contribution in [0.5, 0.6) is 0 Å². The molecule has 0 radical (unpaired) electrons. The number of hydrogen-bond donors (Lipinski definition) is 1. The van der Waals surface area contributed by atoms with Crippen molar-refractivity contribution >= 4 is 34.8 Å². The topological polar surface area (TPSA) is 96.6 Å². The number of carbonyl (C=O) groups excluding carboxylic acids is 1. The number of nitrogens with one attached hydrogen (secondary N) is 1. The van der Waals surface area contributed by atoms with Gasteiger partial charge in [-0.2, -0.15) is 4.98 Å². The first-order chi connectivity index (χ1) is 15.6. The number of amides is 1. The Labute approximate surface area is 182 Å². The van der Waals surface area contributed by atoms with Crippen LogP contribution in [-0.2, 0) is 4.74 Å². The number of carbonyl (C=O) groups is 1. The molecule has 2 aliphatic heterocycles. The maximum Gasteiger partial charge on any atom is 0.300 e. The Morgan fingerprint density at radius 3 is 2.56 bits per heavy atom. The van der Waals surface area contributed by atoms with Crippen molar-refractivity contribution in [2.45, 2.75) is 19.3 Å². The van der Waals surface area contributed by atoms with Crippen molar-refractivity contribution in [1.82, 2.24) is 15.0 Å². The Morgan fingerprint density at radius 2 is 1.81 bits per heavy atom. The van der Waals surface area contributed by atoms with Crippen molar-refractivity contribution in [2.24, 2.45) is 0 Å². The van der Waals surface area contributed by atoms with Crippen LogP contribution in [0.2, 0.25) is 0 Å². The molecule has 1 N–H and O–H groups in total. The molecule has 3 aromatic rings. The van der Waals surface area contributed by atoms with Gasteiger partial charge in [-0.25, -0.2) is 18.7 Å². The van der Waals surface area contributed by atoms with Gasteiger partial charge in [0, 0.05) is 32.2 Å². The summed E-state index contributed by atoms with van der Waals surface area (Å²) < 4.78 is 37.2. The molecule has 3 aromatic heterocycles. The number of rotatable bonds is 5. The molecular weight excluding hydrogens is 422 g/mol. The third kappa shape index (κ3) is 4.07. The minimum Gasteiger partial charge on any atom is -0.422 e. The summed E-state index contributed by atoms with van der Waals surface area (Å²) in [7, 11) is 0. The molecule has 0 aliphatic carbocycles. The van der Waals surface area contributed by atoms with E-state index in [0.29, 0.717) is 49.4 Å². The number of ether oxygens (including phenoxy) is 1. The Morgan fingerprint density at radius 1 is 1.03 bits per heavy atom. The first-order valence-corrected chi connectivity index (χ1v) is 10.5. The van der Waals surface area contributed by atoms with Gasteiger partial charge in [-0.05, 0) is 25.0 Å². The Hall–Kier alpha value is -3.34. The summed E-state index contributed by atoms with van der Waals surface area (Å²) in [6.07, 6.45) is -0.731. The van der Waals surface area contributed by atoms with E-state index in [0.717, 1.165) is 25.9 Å². The standard InChI is InChI=1S/C21H22F2N6O3/c22-17(23)14-4-3-5-16(24-14)25-20(30)13-12-15-18(26-19(13)28-6-1-2-7-28)27-21(32-15)29-8-10-31-11-9-29/h3-5,12,17H,1-2,6-11H2,(H,24,25,30). The summed E-state index contributed by atoms with van der Waals surface area (Å²) in [5, 5.41) is 2.61. The minimum atomic E-state index is -2.72. The van der Waals surface area contributed by atoms with Crippen LogP contribution in [0.25, 0.3) is 11.2 Å². The molecule has 5 rings (SSSR count). The minimum absolute atomic E-state index is 0.0480. The number of halogens is 2. The van der Waals surface area contributed by atoms with Crippen molar-refractivity contribution in [3.63, 3.8) is 0 Å². The SMILES string of the molecule is O=C(Nc1cccc(C(F)F)n1)c1cc2oc(N3CCOCC3)nc2nc1N1CCCC1. The second-order valence-corrected chi connectivity index (χ2v) is 7.67. The van der Waals surface area contributed by atoms with E-state index in [1.807, 2.05) is 9.80 Å². The van der Waals surface area contributed by atoms with Gasteiger partial charge in [0.2, 0.25) is 5.65 Å². The highest BCUT2D eigenvalue weighted by molar-refractivity contribution is 6.08. The van der Waals surface area contributed by atoms with Crippen molar-refractivity contribution in [1.29, 1.82) is 0 Å². The Bertz CT molecular complexity index is 1130. The predicted molar refractivity (Wildman–Crippen MR) is 113 cm³/mol. The number of hydrogen-bond acceptors (Lipinski definition) is 8. The summed E-state index contributed by atoms with van der Waals surface area (Å²) in [6, 6.07) is 6.16. The van der Waals surface area contributed by atoms with Crippen molar-refractivity contribution in [3.05, 3.63) is 35.5 Å². The van der Waals surface area contributed by atoms with Crippen LogP contribution in [0.15, 0.2) is 28.7 Å². The van der Waals surface area contributed by atoms with Gasteiger partial charge in [0.1, 0.15) is 17.3 Å². The fraction of sp³-hybridized carbons (Fsp3) is 0.429. The predicted octanol–water partition coefficient (Wildman–Crippen LogP) is 3.24. The lowest BCUT2D eigenvalue weighted by Crippen LogP contribution is -2.36. The summed E-state index contributed by atoms with van der Waals surface area (Å²) >= 11 is 0. The van der Waals surface area contributed by atoms with Crippen molar-refractivity contribution in [3.8, 4) is 0 Å². The summed E-state index contributed by atoms with van der Waals surface area (Å²) in [5.74, 6) is 0.0516. The van der Waals surface area contributed by atoms with Crippen LogP contribution in [0, 0.1) is 0 Å². The monoisotopic (exact) mass is 444 g/mol. The first-order valence-electron chi connectivity index (χ1n) is 10.5. The zero-order valence-corrected chi connectivity index (χ0v) is 17.3. The molecule has 0 bridgehead atoms. The zero-order chi connectivity index (χ0) is 22.1. The van der Waals surface area contributed by atoms with Crippen LogP contribution >= 0.6 is 0 Å². The van der Waals surface area contributed by atoms with Crippen LogP contribution in [0.3, 0.4) is 0 Å². The van der Waals surface area contributed by atoms with Gasteiger partial charge in [0.25, 0.3) is 18.3 Å². The smallest absolute Gasteiger partial charge is 0.300 e. The highest BCUT2D eigenvalue weighted by atomic mass is 19.3. The highest BCUT2D eigenvalue weighted by Gasteiger charge is 2.26. The molecule has 0 unspecified atom stereocenters. The second kappa shape index (κ2) is 8.65. The number of nitrogens with zero attached hydrogens (tertiary/aromatic N) is 5.